The first-order valence-corrected chi connectivity index (χ1v) is 10.2. The smallest absolute Gasteiger partial charge is 0.240 e. The Bertz CT molecular complexity index is 1220. The second kappa shape index (κ2) is 7.59. The second-order valence-electron chi connectivity index (χ2n) is 6.62. The topological polar surface area (TPSA) is 189 Å². The lowest BCUT2D eigenvalue weighted by atomic mass is 10.1. The lowest BCUT2D eigenvalue weighted by molar-refractivity contribution is -0.0330. The van der Waals surface area contributed by atoms with E-state index in [1.807, 2.05) is 6.07 Å². The van der Waals surface area contributed by atoms with Crippen molar-refractivity contribution in [3.8, 4) is 6.07 Å². The highest BCUT2D eigenvalue weighted by Gasteiger charge is 2.44. The molecule has 4 atom stereocenters. The van der Waals surface area contributed by atoms with Gasteiger partial charge in [-0.15, -0.1) is 0 Å². The zero-order valence-electron chi connectivity index (χ0n) is 15.3. The molecule has 12 nitrogen and oxygen atoms in total. The summed E-state index contributed by atoms with van der Waals surface area (Å²) in [5.74, 6) is 0.151. The first-order valence-electron chi connectivity index (χ1n) is 8.76. The highest BCUT2D eigenvalue weighted by Crippen LogP contribution is 2.31. The molecule has 0 saturated carbocycles. The van der Waals surface area contributed by atoms with Crippen molar-refractivity contribution in [2.45, 2.75) is 29.4 Å². The molecule has 156 valence electrons. The molecule has 13 heteroatoms. The minimum atomic E-state index is -3.91. The molecule has 0 bridgehead atoms. The minimum Gasteiger partial charge on any atom is -0.387 e. The number of benzene rings is 1. The van der Waals surface area contributed by atoms with Crippen LogP contribution in [0.5, 0.6) is 0 Å². The van der Waals surface area contributed by atoms with Crippen LogP contribution in [0.2, 0.25) is 0 Å². The van der Waals surface area contributed by atoms with E-state index in [0.29, 0.717) is 16.7 Å². The van der Waals surface area contributed by atoms with Crippen LogP contribution in [0.1, 0.15) is 11.8 Å². The number of nitrogens with one attached hydrogen (secondary N) is 1. The van der Waals surface area contributed by atoms with E-state index in [1.54, 1.807) is 0 Å². The molecule has 2 aromatic heterocycles. The number of nitrogens with two attached hydrogens (primary N) is 1. The molecule has 1 aliphatic heterocycles. The normalized spacial score (nSPS) is 24.2. The summed E-state index contributed by atoms with van der Waals surface area (Å²) in [6.07, 6.45) is -2.23. The summed E-state index contributed by atoms with van der Waals surface area (Å²) in [5.41, 5.74) is 6.69. The molecular weight excluding hydrogens is 414 g/mol. The van der Waals surface area contributed by atoms with Gasteiger partial charge < -0.3 is 20.7 Å². The van der Waals surface area contributed by atoms with Crippen molar-refractivity contribution in [3.05, 3.63) is 42.5 Å². The van der Waals surface area contributed by atoms with Crippen LogP contribution in [-0.2, 0) is 14.8 Å². The van der Waals surface area contributed by atoms with Gasteiger partial charge in [-0.1, -0.05) is 0 Å². The third-order valence-electron chi connectivity index (χ3n) is 4.77. The van der Waals surface area contributed by atoms with Gasteiger partial charge in [-0.05, 0) is 24.3 Å². The van der Waals surface area contributed by atoms with E-state index in [1.165, 1.54) is 41.5 Å². The number of fused-ring (bicyclic) bond motifs is 1. The SMILES string of the molecule is N#Cc1ccc(S(=O)(=O)NC[C@H]2O[C@@H](n3cnc4c(N)ncnc43)[C@H](O)[C@@H]2O)cc1. The number of hydrogen-bond donors (Lipinski definition) is 4. The Hall–Kier alpha value is -3.15. The van der Waals surface area contributed by atoms with Gasteiger partial charge in [0.1, 0.15) is 30.2 Å². The van der Waals surface area contributed by atoms with Crippen molar-refractivity contribution in [2.24, 2.45) is 0 Å². The van der Waals surface area contributed by atoms with Crippen molar-refractivity contribution in [1.29, 1.82) is 5.26 Å². The van der Waals surface area contributed by atoms with E-state index in [0.717, 1.165) is 0 Å². The van der Waals surface area contributed by atoms with Gasteiger partial charge in [0.15, 0.2) is 17.7 Å². The van der Waals surface area contributed by atoms with Crippen molar-refractivity contribution in [1.82, 2.24) is 24.2 Å². The average Bonchev–Trinajstić information content (AvgIpc) is 3.29. The van der Waals surface area contributed by atoms with Crippen LogP contribution in [0, 0.1) is 11.3 Å². The van der Waals surface area contributed by atoms with E-state index in [2.05, 4.69) is 19.7 Å². The Morgan fingerprint density at radius 2 is 1.93 bits per heavy atom. The van der Waals surface area contributed by atoms with E-state index in [4.69, 9.17) is 15.7 Å². The fourth-order valence-electron chi connectivity index (χ4n) is 3.17. The molecule has 5 N–H and O–H groups in total. The quantitative estimate of drug-likeness (QED) is 0.385. The van der Waals surface area contributed by atoms with Gasteiger partial charge in [0.25, 0.3) is 0 Å². The summed E-state index contributed by atoms with van der Waals surface area (Å²) in [4.78, 5) is 12.0. The average molecular weight is 431 g/mol. The molecule has 1 saturated heterocycles. The second-order valence-corrected chi connectivity index (χ2v) is 8.38. The Labute approximate surface area is 170 Å². The summed E-state index contributed by atoms with van der Waals surface area (Å²) in [6.45, 7) is -0.291. The molecule has 0 aliphatic carbocycles. The fourth-order valence-corrected chi connectivity index (χ4v) is 4.21. The number of aliphatic hydroxyl groups excluding tert-OH is 2. The van der Waals surface area contributed by atoms with Crippen LogP contribution < -0.4 is 10.5 Å². The highest BCUT2D eigenvalue weighted by atomic mass is 32.2. The zero-order valence-corrected chi connectivity index (χ0v) is 16.1. The number of nitriles is 1. The number of imidazole rings is 1. The van der Waals surface area contributed by atoms with E-state index in [9.17, 15) is 18.6 Å². The maximum Gasteiger partial charge on any atom is 0.240 e. The van der Waals surface area contributed by atoms with Crippen LogP contribution in [0.4, 0.5) is 5.82 Å². The van der Waals surface area contributed by atoms with Gasteiger partial charge >= 0.3 is 0 Å². The van der Waals surface area contributed by atoms with Crippen molar-refractivity contribution in [2.75, 3.05) is 12.3 Å². The standard InChI is InChI=1S/C17H17N7O5S/c18-5-9-1-3-10(4-2-9)30(27,28)23-6-11-13(25)14(26)17(29-11)24-8-22-12-15(19)20-7-21-16(12)24/h1-4,7-8,11,13-14,17,23,25-26H,6H2,(H2,19,20,21)/t11-,13-,14-,17-/m1/s1. The summed E-state index contributed by atoms with van der Waals surface area (Å²) >= 11 is 0. The number of sulfonamides is 1. The first kappa shape index (κ1) is 20.1. The maximum atomic E-state index is 12.5. The molecule has 0 spiro atoms. The van der Waals surface area contributed by atoms with Crippen LogP contribution in [-0.4, -0.2) is 63.0 Å². The number of anilines is 1. The van der Waals surface area contributed by atoms with Gasteiger partial charge in [-0.3, -0.25) is 4.57 Å². The van der Waals surface area contributed by atoms with Crippen molar-refractivity contribution < 1.29 is 23.4 Å². The Morgan fingerprint density at radius 1 is 1.20 bits per heavy atom. The fraction of sp³-hybridized carbons (Fsp3) is 0.294. The molecule has 3 aromatic rings. The number of aliphatic hydroxyl groups is 2. The summed E-state index contributed by atoms with van der Waals surface area (Å²) in [6, 6.07) is 7.27. The van der Waals surface area contributed by atoms with E-state index in [-0.39, 0.29) is 17.3 Å². The van der Waals surface area contributed by atoms with Crippen LogP contribution in [0.3, 0.4) is 0 Å². The highest BCUT2D eigenvalue weighted by molar-refractivity contribution is 7.89. The number of rotatable bonds is 5. The van der Waals surface area contributed by atoms with Gasteiger partial charge in [0.2, 0.25) is 10.0 Å². The predicted molar refractivity (Wildman–Crippen MR) is 102 cm³/mol. The van der Waals surface area contributed by atoms with Crippen LogP contribution in [0.15, 0.2) is 41.8 Å². The molecule has 3 heterocycles. The van der Waals surface area contributed by atoms with Crippen molar-refractivity contribution in [3.63, 3.8) is 0 Å². The van der Waals surface area contributed by atoms with Gasteiger partial charge in [-0.25, -0.2) is 28.1 Å². The van der Waals surface area contributed by atoms with Crippen LogP contribution in [0.25, 0.3) is 11.2 Å². The van der Waals surface area contributed by atoms with E-state index >= 15 is 0 Å². The lowest BCUT2D eigenvalue weighted by Gasteiger charge is -2.16. The molecule has 1 aromatic carbocycles. The maximum absolute atomic E-state index is 12.5. The molecule has 4 rings (SSSR count). The van der Waals surface area contributed by atoms with E-state index < -0.39 is 34.6 Å². The molecule has 30 heavy (non-hydrogen) atoms. The third-order valence-corrected chi connectivity index (χ3v) is 6.21. The Kier molecular flexibility index (Phi) is 5.10. The Morgan fingerprint density at radius 3 is 2.63 bits per heavy atom. The minimum absolute atomic E-state index is 0.0427. The number of nitrogen functional groups attached to an aromatic ring is 1. The zero-order chi connectivity index (χ0) is 21.5. The molecular formula is C17H17N7O5S. The van der Waals surface area contributed by atoms with Crippen molar-refractivity contribution >= 4 is 27.0 Å². The molecule has 0 unspecified atom stereocenters. The van der Waals surface area contributed by atoms with Crippen LogP contribution >= 0.6 is 0 Å². The summed E-state index contributed by atoms with van der Waals surface area (Å²) in [5, 5.41) is 29.6. The number of hydrogen-bond acceptors (Lipinski definition) is 10. The van der Waals surface area contributed by atoms with Gasteiger partial charge in [-0.2, -0.15) is 5.26 Å². The molecule has 1 fully saturated rings. The number of aromatic nitrogens is 4. The number of nitrogens with zero attached hydrogens (tertiary/aromatic N) is 5. The predicted octanol–water partition coefficient (Wildman–Crippen LogP) is -1.12. The Balaban J connectivity index is 1.50. The monoisotopic (exact) mass is 431 g/mol. The van der Waals surface area contributed by atoms with Gasteiger partial charge in [0.05, 0.1) is 22.9 Å². The number of ether oxygens (including phenoxy) is 1. The molecule has 0 radical (unpaired) electrons. The first-order chi connectivity index (χ1) is 14.3. The third kappa shape index (κ3) is 3.47. The molecule has 1 aliphatic rings. The summed E-state index contributed by atoms with van der Waals surface area (Å²) in [7, 11) is -3.91. The lowest BCUT2D eigenvalue weighted by Crippen LogP contribution is -2.39. The van der Waals surface area contributed by atoms with Gasteiger partial charge in [0, 0.05) is 6.54 Å². The molecule has 0 amide bonds. The largest absolute Gasteiger partial charge is 0.387 e. The summed E-state index contributed by atoms with van der Waals surface area (Å²) < 4.78 is 34.4.